The average molecular weight is 628 g/mol. The van der Waals surface area contributed by atoms with Gasteiger partial charge in [-0.25, -0.2) is 17.2 Å². The van der Waals surface area contributed by atoms with E-state index in [0.29, 0.717) is 40.8 Å². The number of anilines is 1. The van der Waals surface area contributed by atoms with Crippen molar-refractivity contribution in [1.29, 1.82) is 0 Å². The van der Waals surface area contributed by atoms with Gasteiger partial charge in [-0.2, -0.15) is 0 Å². The molecule has 1 unspecified atom stereocenters. The van der Waals surface area contributed by atoms with Crippen LogP contribution < -0.4 is 23.7 Å². The van der Waals surface area contributed by atoms with E-state index < -0.39 is 26.6 Å². The van der Waals surface area contributed by atoms with Crippen molar-refractivity contribution < 1.29 is 36.1 Å². The molecular formula is C32H35F2N3O6S. The molecule has 0 amide bonds. The predicted octanol–water partition coefficient (Wildman–Crippen LogP) is 6.62. The van der Waals surface area contributed by atoms with E-state index >= 15 is 0 Å². The van der Waals surface area contributed by atoms with Crippen molar-refractivity contribution in [2.24, 2.45) is 5.92 Å². The van der Waals surface area contributed by atoms with E-state index in [-0.39, 0.29) is 17.2 Å². The van der Waals surface area contributed by atoms with Gasteiger partial charge in [0.25, 0.3) is 10.0 Å². The number of hydrogen-bond acceptors (Lipinski definition) is 8. The number of ether oxygens (including phenoxy) is 4. The van der Waals surface area contributed by atoms with Gasteiger partial charge in [-0.3, -0.25) is 9.71 Å². The Hall–Kier alpha value is -4.16. The van der Waals surface area contributed by atoms with Crippen LogP contribution in [0.2, 0.25) is 0 Å². The van der Waals surface area contributed by atoms with Crippen molar-refractivity contribution in [3.63, 3.8) is 0 Å². The highest BCUT2D eigenvalue weighted by Crippen LogP contribution is 2.40. The van der Waals surface area contributed by atoms with E-state index in [4.69, 9.17) is 18.9 Å². The van der Waals surface area contributed by atoms with E-state index in [9.17, 15) is 17.2 Å². The van der Waals surface area contributed by atoms with Gasteiger partial charge in [-0.15, -0.1) is 0 Å². The van der Waals surface area contributed by atoms with Crippen LogP contribution in [0, 0.1) is 17.6 Å². The summed E-state index contributed by atoms with van der Waals surface area (Å²) in [5.74, 6) is 0.825. The minimum Gasteiger partial charge on any atom is -0.493 e. The Morgan fingerprint density at radius 3 is 2.52 bits per heavy atom. The van der Waals surface area contributed by atoms with Crippen LogP contribution in [0.1, 0.15) is 26.2 Å². The molecule has 5 rings (SSSR count). The zero-order valence-electron chi connectivity index (χ0n) is 24.8. The number of nitrogens with zero attached hydrogens (tertiary/aromatic N) is 2. The second-order valence-electron chi connectivity index (χ2n) is 10.7. The molecule has 1 saturated heterocycles. The molecule has 0 saturated carbocycles. The largest absolute Gasteiger partial charge is 0.493 e. The summed E-state index contributed by atoms with van der Waals surface area (Å²) in [6.45, 7) is 6.09. The minimum absolute atomic E-state index is 0.0655. The molecule has 3 aromatic carbocycles. The molecule has 12 heteroatoms. The predicted molar refractivity (Wildman–Crippen MR) is 163 cm³/mol. The Kier molecular flexibility index (Phi) is 9.70. The lowest BCUT2D eigenvalue weighted by molar-refractivity contribution is 0.169. The number of piperidine rings is 1. The molecular weight excluding hydrogens is 592 g/mol. The Labute approximate surface area is 255 Å². The van der Waals surface area contributed by atoms with Crippen LogP contribution >= 0.6 is 0 Å². The highest BCUT2D eigenvalue weighted by atomic mass is 32.2. The number of rotatable bonds is 12. The van der Waals surface area contributed by atoms with Gasteiger partial charge in [-0.05, 0) is 74.2 Å². The Bertz CT molecular complexity index is 1740. The van der Waals surface area contributed by atoms with Crippen LogP contribution in [-0.2, 0) is 10.0 Å². The van der Waals surface area contributed by atoms with Crippen molar-refractivity contribution in [3.8, 4) is 28.7 Å². The number of nitrogens with one attached hydrogen (secondary N) is 1. The monoisotopic (exact) mass is 627 g/mol. The summed E-state index contributed by atoms with van der Waals surface area (Å²) in [6, 6.07) is 11.8. The van der Waals surface area contributed by atoms with Crippen LogP contribution in [-0.4, -0.2) is 58.8 Å². The number of aromatic nitrogens is 1. The Balaban J connectivity index is 1.32. The molecule has 1 aromatic heterocycles. The van der Waals surface area contributed by atoms with Gasteiger partial charge in [-0.1, -0.05) is 6.92 Å². The van der Waals surface area contributed by atoms with Crippen LogP contribution in [0.15, 0.2) is 65.7 Å². The number of hydrogen-bond donors (Lipinski definition) is 1. The van der Waals surface area contributed by atoms with Gasteiger partial charge < -0.3 is 23.8 Å². The maximum atomic E-state index is 14.1. The third-order valence-electron chi connectivity index (χ3n) is 7.42. The number of likely N-dealkylation sites (tertiary alicyclic amines) is 1. The number of pyridine rings is 1. The smallest absolute Gasteiger partial charge is 0.264 e. The summed E-state index contributed by atoms with van der Waals surface area (Å²) in [7, 11) is -1.45. The van der Waals surface area contributed by atoms with Gasteiger partial charge in [0.15, 0.2) is 23.0 Å². The molecule has 0 bridgehead atoms. The maximum Gasteiger partial charge on any atom is 0.264 e. The molecule has 4 aromatic rings. The fourth-order valence-corrected chi connectivity index (χ4v) is 6.42. The van der Waals surface area contributed by atoms with Crippen molar-refractivity contribution in [2.75, 3.05) is 45.2 Å². The maximum absolute atomic E-state index is 14.1. The number of methoxy groups -OCH3 is 2. The zero-order chi connectivity index (χ0) is 31.3. The van der Waals surface area contributed by atoms with E-state index in [1.165, 1.54) is 38.2 Å². The summed E-state index contributed by atoms with van der Waals surface area (Å²) in [4.78, 5) is 6.15. The first-order valence-electron chi connectivity index (χ1n) is 14.3. The molecule has 1 fully saturated rings. The summed E-state index contributed by atoms with van der Waals surface area (Å²) in [5.41, 5.74) is 0.694. The highest BCUT2D eigenvalue weighted by molar-refractivity contribution is 7.92. The molecule has 1 aliphatic rings. The number of benzene rings is 3. The molecule has 0 aliphatic carbocycles. The molecule has 1 atom stereocenters. The number of halogens is 2. The first-order valence-corrected chi connectivity index (χ1v) is 15.8. The number of fused-ring (bicyclic) bond motifs is 1. The first-order chi connectivity index (χ1) is 21.2. The van der Waals surface area contributed by atoms with Gasteiger partial charge in [0.2, 0.25) is 0 Å². The topological polar surface area (TPSA) is 99.2 Å². The van der Waals surface area contributed by atoms with Gasteiger partial charge >= 0.3 is 0 Å². The Morgan fingerprint density at radius 1 is 0.955 bits per heavy atom. The second-order valence-corrected chi connectivity index (χ2v) is 12.4. The van der Waals surface area contributed by atoms with Crippen molar-refractivity contribution in [1.82, 2.24) is 9.88 Å². The Morgan fingerprint density at radius 2 is 1.75 bits per heavy atom. The first kappa shape index (κ1) is 31.3. The van der Waals surface area contributed by atoms with Gasteiger partial charge in [0.1, 0.15) is 22.3 Å². The molecule has 234 valence electrons. The normalized spacial score (nSPS) is 15.6. The summed E-state index contributed by atoms with van der Waals surface area (Å²) in [6.07, 6.45) is 5.03. The van der Waals surface area contributed by atoms with Crippen LogP contribution in [0.5, 0.6) is 28.7 Å². The standard InChI is InChI=1S/C32H35F2N3O6S/c1-21-6-4-13-37(20-21)14-5-15-42-31-19-26-24(18-30(31)41-3)27(11-12-35-26)43-28-10-8-23(17-29(28)40-2)36-44(38,39)32-16-22(33)7-9-25(32)34/h7-12,16-19,21,36H,4-6,13-15,20H2,1-3H3. The quantitative estimate of drug-likeness (QED) is 0.175. The molecule has 0 spiro atoms. The van der Waals surface area contributed by atoms with Crippen LogP contribution in [0.4, 0.5) is 14.5 Å². The van der Waals surface area contributed by atoms with Gasteiger partial charge in [0.05, 0.1) is 32.0 Å². The fourth-order valence-electron chi connectivity index (χ4n) is 5.28. The molecule has 1 N–H and O–H groups in total. The lowest BCUT2D eigenvalue weighted by atomic mass is 10.0. The van der Waals surface area contributed by atoms with Crippen LogP contribution in [0.25, 0.3) is 10.9 Å². The van der Waals surface area contributed by atoms with E-state index in [1.807, 2.05) is 6.07 Å². The number of sulfonamides is 1. The fraction of sp³-hybridized carbons (Fsp3) is 0.344. The van der Waals surface area contributed by atoms with E-state index in [1.54, 1.807) is 25.4 Å². The molecule has 44 heavy (non-hydrogen) atoms. The third kappa shape index (κ3) is 7.31. The summed E-state index contributed by atoms with van der Waals surface area (Å²) < 4.78 is 78.8. The lowest BCUT2D eigenvalue weighted by Crippen LogP contribution is -2.35. The van der Waals surface area contributed by atoms with Crippen LogP contribution in [0.3, 0.4) is 0 Å². The van der Waals surface area contributed by atoms with Crippen molar-refractivity contribution in [2.45, 2.75) is 31.1 Å². The lowest BCUT2D eigenvalue weighted by Gasteiger charge is -2.30. The third-order valence-corrected chi connectivity index (χ3v) is 8.82. The summed E-state index contributed by atoms with van der Waals surface area (Å²) in [5, 5.41) is 0.660. The molecule has 9 nitrogen and oxygen atoms in total. The molecule has 1 aliphatic heterocycles. The molecule has 0 radical (unpaired) electrons. The van der Waals surface area contributed by atoms with Gasteiger partial charge in [0, 0.05) is 36.8 Å². The minimum atomic E-state index is -4.42. The van der Waals surface area contributed by atoms with Crippen molar-refractivity contribution >= 4 is 26.6 Å². The van der Waals surface area contributed by atoms with E-state index in [2.05, 4.69) is 21.5 Å². The highest BCUT2D eigenvalue weighted by Gasteiger charge is 2.22. The average Bonchev–Trinajstić information content (AvgIpc) is 3.00. The van der Waals surface area contributed by atoms with E-state index in [0.717, 1.165) is 44.1 Å². The molecule has 2 heterocycles. The second kappa shape index (κ2) is 13.6. The SMILES string of the molecule is COc1cc2c(Oc3ccc(NS(=O)(=O)c4cc(F)ccc4F)cc3OC)ccnc2cc1OCCCN1CCCC(C)C1. The van der Waals surface area contributed by atoms with Crippen molar-refractivity contribution in [3.05, 3.63) is 72.4 Å². The zero-order valence-corrected chi connectivity index (χ0v) is 25.6. The summed E-state index contributed by atoms with van der Waals surface area (Å²) >= 11 is 0.